The molecule has 24 heavy (non-hydrogen) atoms. The summed E-state index contributed by atoms with van der Waals surface area (Å²) < 4.78 is 10.1. The summed E-state index contributed by atoms with van der Waals surface area (Å²) in [5.74, 6) is -2.76. The standard InChI is InChI=1S/C18H20O6/c1-12-4-6-14(7-5-12)18(8-3-9-18)24-16(21)10-13(2)17(22)23-11-15(19)20/h4-7H,2-3,8-11H2,1H3,(H,19,20). The molecule has 1 aromatic carbocycles. The molecule has 1 fully saturated rings. The van der Waals surface area contributed by atoms with Crippen molar-refractivity contribution in [3.63, 3.8) is 0 Å². The highest BCUT2D eigenvalue weighted by atomic mass is 16.6. The number of aryl methyl sites for hydroxylation is 1. The summed E-state index contributed by atoms with van der Waals surface area (Å²) in [5.41, 5.74) is 1.29. The third kappa shape index (κ3) is 4.22. The van der Waals surface area contributed by atoms with Crippen molar-refractivity contribution in [2.45, 2.75) is 38.2 Å². The van der Waals surface area contributed by atoms with Gasteiger partial charge in [-0.25, -0.2) is 9.59 Å². The van der Waals surface area contributed by atoms with E-state index in [2.05, 4.69) is 11.3 Å². The fraction of sp³-hybridized carbons (Fsp3) is 0.389. The topological polar surface area (TPSA) is 89.9 Å². The molecule has 6 heteroatoms. The van der Waals surface area contributed by atoms with Gasteiger partial charge < -0.3 is 14.6 Å². The number of benzene rings is 1. The van der Waals surface area contributed by atoms with Crippen LogP contribution in [0.1, 0.15) is 36.8 Å². The Hall–Kier alpha value is -2.63. The van der Waals surface area contributed by atoms with Crippen molar-refractivity contribution in [1.82, 2.24) is 0 Å². The van der Waals surface area contributed by atoms with E-state index in [0.29, 0.717) is 0 Å². The van der Waals surface area contributed by atoms with Crippen molar-refractivity contribution < 1.29 is 29.0 Å². The molecule has 0 atom stereocenters. The first-order valence-corrected chi connectivity index (χ1v) is 7.68. The van der Waals surface area contributed by atoms with Gasteiger partial charge in [0.1, 0.15) is 5.60 Å². The van der Waals surface area contributed by atoms with Gasteiger partial charge in [-0.1, -0.05) is 36.4 Å². The Morgan fingerprint density at radius 1 is 1.21 bits per heavy atom. The van der Waals surface area contributed by atoms with Gasteiger partial charge in [0, 0.05) is 5.57 Å². The van der Waals surface area contributed by atoms with E-state index in [1.54, 1.807) is 0 Å². The number of carboxylic acids is 1. The van der Waals surface area contributed by atoms with E-state index >= 15 is 0 Å². The molecule has 0 spiro atoms. The molecule has 0 amide bonds. The van der Waals surface area contributed by atoms with Crippen LogP contribution in [0.3, 0.4) is 0 Å². The van der Waals surface area contributed by atoms with Crippen molar-refractivity contribution >= 4 is 17.9 Å². The molecule has 6 nitrogen and oxygen atoms in total. The Morgan fingerprint density at radius 3 is 2.33 bits per heavy atom. The van der Waals surface area contributed by atoms with Gasteiger partial charge in [0.15, 0.2) is 6.61 Å². The molecular formula is C18H20O6. The van der Waals surface area contributed by atoms with Crippen molar-refractivity contribution in [3.8, 4) is 0 Å². The molecule has 0 bridgehead atoms. The van der Waals surface area contributed by atoms with Crippen LogP contribution in [-0.2, 0) is 29.5 Å². The molecule has 0 saturated heterocycles. The van der Waals surface area contributed by atoms with Gasteiger partial charge in [-0.15, -0.1) is 0 Å². The smallest absolute Gasteiger partial charge is 0.341 e. The van der Waals surface area contributed by atoms with Gasteiger partial charge in [0.25, 0.3) is 0 Å². The van der Waals surface area contributed by atoms with Gasteiger partial charge in [0.05, 0.1) is 6.42 Å². The fourth-order valence-corrected chi connectivity index (χ4v) is 2.53. The lowest BCUT2D eigenvalue weighted by molar-refractivity contribution is -0.171. The van der Waals surface area contributed by atoms with Crippen LogP contribution in [0.4, 0.5) is 0 Å². The van der Waals surface area contributed by atoms with E-state index in [1.165, 1.54) is 0 Å². The lowest BCUT2D eigenvalue weighted by Crippen LogP contribution is -2.39. The summed E-state index contributed by atoms with van der Waals surface area (Å²) in [5, 5.41) is 8.47. The Labute approximate surface area is 140 Å². The van der Waals surface area contributed by atoms with Crippen LogP contribution < -0.4 is 0 Å². The number of carbonyl (C=O) groups is 3. The average molecular weight is 332 g/mol. The number of carbonyl (C=O) groups excluding carboxylic acids is 2. The molecule has 0 heterocycles. The number of ether oxygens (including phenoxy) is 2. The van der Waals surface area contributed by atoms with Crippen molar-refractivity contribution in [2.75, 3.05) is 6.61 Å². The SMILES string of the molecule is C=C(CC(=O)OC1(c2ccc(C)cc2)CCC1)C(=O)OCC(=O)O. The lowest BCUT2D eigenvalue weighted by Gasteiger charge is -2.41. The summed E-state index contributed by atoms with van der Waals surface area (Å²) in [6.45, 7) is 4.68. The van der Waals surface area contributed by atoms with Gasteiger partial charge in [-0.3, -0.25) is 4.79 Å². The number of carboxylic acid groups (broad SMARTS) is 1. The zero-order valence-electron chi connectivity index (χ0n) is 13.5. The number of esters is 2. The minimum absolute atomic E-state index is 0.125. The molecule has 0 radical (unpaired) electrons. The molecule has 128 valence electrons. The number of aliphatic carboxylic acids is 1. The predicted molar refractivity (Wildman–Crippen MR) is 85.2 cm³/mol. The molecule has 1 aliphatic carbocycles. The third-order valence-corrected chi connectivity index (χ3v) is 4.02. The number of rotatable bonds is 7. The number of hydrogen-bond donors (Lipinski definition) is 1. The molecule has 1 aliphatic rings. The molecule has 1 saturated carbocycles. The molecule has 0 aliphatic heterocycles. The fourth-order valence-electron chi connectivity index (χ4n) is 2.53. The minimum Gasteiger partial charge on any atom is -0.479 e. The second-order valence-corrected chi connectivity index (χ2v) is 5.94. The first-order valence-electron chi connectivity index (χ1n) is 7.68. The molecular weight excluding hydrogens is 312 g/mol. The van der Waals surface area contributed by atoms with Gasteiger partial charge in [0.2, 0.25) is 0 Å². The summed E-state index contributed by atoms with van der Waals surface area (Å²) in [7, 11) is 0. The lowest BCUT2D eigenvalue weighted by atomic mass is 9.74. The van der Waals surface area contributed by atoms with Crippen molar-refractivity contribution in [1.29, 1.82) is 0 Å². The van der Waals surface area contributed by atoms with Crippen LogP contribution in [0, 0.1) is 6.92 Å². The first-order chi connectivity index (χ1) is 11.3. The normalized spacial score (nSPS) is 15.0. The second-order valence-electron chi connectivity index (χ2n) is 5.94. The van der Waals surface area contributed by atoms with E-state index in [9.17, 15) is 14.4 Å². The average Bonchev–Trinajstić information content (AvgIpc) is 2.49. The summed E-state index contributed by atoms with van der Waals surface area (Å²) in [6, 6.07) is 7.81. The van der Waals surface area contributed by atoms with Crippen LogP contribution in [-0.4, -0.2) is 29.6 Å². The summed E-state index contributed by atoms with van der Waals surface area (Å²) >= 11 is 0. The zero-order chi connectivity index (χ0) is 17.7. The highest BCUT2D eigenvalue weighted by Gasteiger charge is 2.42. The predicted octanol–water partition coefficient (Wildman–Crippen LogP) is 2.49. The zero-order valence-corrected chi connectivity index (χ0v) is 13.5. The Kier molecular flexibility index (Phi) is 5.39. The van der Waals surface area contributed by atoms with Crippen LogP contribution >= 0.6 is 0 Å². The summed E-state index contributed by atoms with van der Waals surface area (Å²) in [6.07, 6.45) is 2.10. The Bertz CT molecular complexity index is 655. The highest BCUT2D eigenvalue weighted by molar-refractivity contribution is 5.94. The minimum atomic E-state index is -1.27. The highest BCUT2D eigenvalue weighted by Crippen LogP contribution is 2.45. The van der Waals surface area contributed by atoms with Crippen molar-refractivity contribution in [3.05, 3.63) is 47.5 Å². The van der Waals surface area contributed by atoms with E-state index in [1.807, 2.05) is 31.2 Å². The van der Waals surface area contributed by atoms with Crippen LogP contribution in [0.5, 0.6) is 0 Å². The quantitative estimate of drug-likeness (QED) is 0.609. The monoisotopic (exact) mass is 332 g/mol. The van der Waals surface area contributed by atoms with Crippen LogP contribution in [0.2, 0.25) is 0 Å². The van der Waals surface area contributed by atoms with E-state index in [0.717, 1.165) is 30.4 Å². The van der Waals surface area contributed by atoms with E-state index in [-0.39, 0.29) is 12.0 Å². The molecule has 2 rings (SSSR count). The maximum atomic E-state index is 12.1. The molecule has 1 N–H and O–H groups in total. The molecule has 0 unspecified atom stereocenters. The van der Waals surface area contributed by atoms with E-state index in [4.69, 9.17) is 9.84 Å². The maximum absolute atomic E-state index is 12.1. The second kappa shape index (κ2) is 7.29. The summed E-state index contributed by atoms with van der Waals surface area (Å²) in [4.78, 5) is 34.0. The Balaban J connectivity index is 1.95. The van der Waals surface area contributed by atoms with Gasteiger partial charge in [-0.2, -0.15) is 0 Å². The van der Waals surface area contributed by atoms with E-state index < -0.39 is 30.1 Å². The van der Waals surface area contributed by atoms with Crippen LogP contribution in [0.25, 0.3) is 0 Å². The molecule has 0 aromatic heterocycles. The Morgan fingerprint density at radius 2 is 1.83 bits per heavy atom. The van der Waals surface area contributed by atoms with Crippen LogP contribution in [0.15, 0.2) is 36.4 Å². The first kappa shape index (κ1) is 17.7. The van der Waals surface area contributed by atoms with Crippen molar-refractivity contribution in [2.24, 2.45) is 0 Å². The molecule has 1 aromatic rings. The largest absolute Gasteiger partial charge is 0.479 e. The van der Waals surface area contributed by atoms with Gasteiger partial charge in [-0.05, 0) is 31.7 Å². The maximum Gasteiger partial charge on any atom is 0.341 e. The van der Waals surface area contributed by atoms with Gasteiger partial charge >= 0.3 is 17.9 Å². The number of hydrogen-bond acceptors (Lipinski definition) is 5. The third-order valence-electron chi connectivity index (χ3n) is 4.02.